The average Bonchev–Trinajstić information content (AvgIpc) is 2.71. The number of anilines is 1. The summed E-state index contributed by atoms with van der Waals surface area (Å²) in [4.78, 5) is 4.84. The van der Waals surface area contributed by atoms with Crippen molar-refractivity contribution < 1.29 is 4.74 Å². The molecule has 1 N–H and O–H groups in total. The number of nitrogens with zero attached hydrogens (tertiary/aromatic N) is 1. The van der Waals surface area contributed by atoms with Crippen molar-refractivity contribution in [2.45, 2.75) is 32.1 Å². The van der Waals surface area contributed by atoms with E-state index < -0.39 is 0 Å². The van der Waals surface area contributed by atoms with Crippen LogP contribution >= 0.6 is 11.6 Å². The Morgan fingerprint density at radius 2 is 2.00 bits per heavy atom. The Morgan fingerprint density at radius 1 is 1.20 bits per heavy atom. The van der Waals surface area contributed by atoms with Crippen LogP contribution in [0.15, 0.2) is 12.1 Å². The number of hydrogen-bond acceptors (Lipinski definition) is 3. The highest BCUT2D eigenvalue weighted by Crippen LogP contribution is 2.40. The van der Waals surface area contributed by atoms with Crippen molar-refractivity contribution in [3.8, 4) is 5.75 Å². The van der Waals surface area contributed by atoms with Gasteiger partial charge in [-0.25, -0.2) is 0 Å². The van der Waals surface area contributed by atoms with Gasteiger partial charge in [0.05, 0.1) is 28.7 Å². The first-order valence-electron chi connectivity index (χ1n) is 7.12. The summed E-state index contributed by atoms with van der Waals surface area (Å²) in [7, 11) is 3.65. The van der Waals surface area contributed by atoms with Crippen molar-refractivity contribution in [3.05, 3.63) is 28.4 Å². The molecular formula is C16H19ClN2O. The van der Waals surface area contributed by atoms with Crippen molar-refractivity contribution in [3.63, 3.8) is 0 Å². The van der Waals surface area contributed by atoms with Crippen LogP contribution in [0.2, 0.25) is 5.02 Å². The first-order chi connectivity index (χ1) is 9.76. The van der Waals surface area contributed by atoms with Gasteiger partial charge in [0.2, 0.25) is 0 Å². The van der Waals surface area contributed by atoms with Gasteiger partial charge in [-0.1, -0.05) is 18.0 Å². The molecule has 0 aliphatic heterocycles. The van der Waals surface area contributed by atoms with Crippen LogP contribution < -0.4 is 10.1 Å². The van der Waals surface area contributed by atoms with Gasteiger partial charge in [-0.05, 0) is 43.4 Å². The van der Waals surface area contributed by atoms with E-state index in [0.717, 1.165) is 35.2 Å². The molecule has 0 radical (unpaired) electrons. The summed E-state index contributed by atoms with van der Waals surface area (Å²) in [6, 6.07) is 3.77. The number of ether oxygens (including phenoxy) is 1. The Labute approximate surface area is 124 Å². The topological polar surface area (TPSA) is 34.2 Å². The molecule has 20 heavy (non-hydrogen) atoms. The highest BCUT2D eigenvalue weighted by Gasteiger charge is 2.20. The lowest BCUT2D eigenvalue weighted by atomic mass is 10.0. The molecule has 1 aliphatic rings. The molecule has 0 amide bonds. The Kier molecular flexibility index (Phi) is 3.70. The number of hydrogen-bond donors (Lipinski definition) is 1. The van der Waals surface area contributed by atoms with Gasteiger partial charge in [-0.3, -0.25) is 4.98 Å². The van der Waals surface area contributed by atoms with Crippen LogP contribution in [-0.4, -0.2) is 19.1 Å². The number of rotatable bonds is 2. The summed E-state index contributed by atoms with van der Waals surface area (Å²) >= 11 is 6.35. The summed E-state index contributed by atoms with van der Waals surface area (Å²) in [5.41, 5.74) is 4.50. The van der Waals surface area contributed by atoms with Gasteiger partial charge in [-0.2, -0.15) is 0 Å². The third kappa shape index (κ3) is 2.10. The largest absolute Gasteiger partial charge is 0.496 e. The number of halogens is 1. The molecule has 1 aliphatic carbocycles. The van der Waals surface area contributed by atoms with Gasteiger partial charge in [0.15, 0.2) is 0 Å². The predicted molar refractivity (Wildman–Crippen MR) is 84.1 cm³/mol. The van der Waals surface area contributed by atoms with E-state index in [0.29, 0.717) is 5.02 Å². The molecular weight excluding hydrogens is 272 g/mol. The zero-order valence-electron chi connectivity index (χ0n) is 11.9. The highest BCUT2D eigenvalue weighted by molar-refractivity contribution is 6.35. The number of methoxy groups -OCH3 is 1. The minimum absolute atomic E-state index is 0.685. The van der Waals surface area contributed by atoms with Gasteiger partial charge in [0, 0.05) is 12.7 Å². The molecule has 0 saturated heterocycles. The molecule has 0 atom stereocenters. The van der Waals surface area contributed by atoms with Gasteiger partial charge in [-0.15, -0.1) is 0 Å². The standard InChI is InChI=1S/C16H19ClN2O/c1-18-15-10-6-4-3-5-7-12(10)19-16-11(17)8-9-13(20-2)14(15)16/h8-9H,3-7H2,1-2H3,(H,18,19). The van der Waals surface area contributed by atoms with Crippen molar-refractivity contribution in [2.75, 3.05) is 19.5 Å². The van der Waals surface area contributed by atoms with E-state index >= 15 is 0 Å². The fourth-order valence-corrected chi connectivity index (χ4v) is 3.29. The molecule has 4 heteroatoms. The Morgan fingerprint density at radius 3 is 2.75 bits per heavy atom. The molecule has 0 unspecified atom stereocenters. The SMILES string of the molecule is CNc1c2c(nc3c(Cl)ccc(OC)c13)CCCCC2. The van der Waals surface area contributed by atoms with E-state index in [1.807, 2.05) is 19.2 Å². The van der Waals surface area contributed by atoms with Crippen molar-refractivity contribution in [1.82, 2.24) is 4.98 Å². The Balaban J connectivity index is 2.39. The zero-order chi connectivity index (χ0) is 14.1. The van der Waals surface area contributed by atoms with E-state index in [9.17, 15) is 0 Å². The molecule has 0 spiro atoms. The van der Waals surface area contributed by atoms with Gasteiger partial charge in [0.1, 0.15) is 5.75 Å². The lowest BCUT2D eigenvalue weighted by molar-refractivity contribution is 0.420. The summed E-state index contributed by atoms with van der Waals surface area (Å²) in [5, 5.41) is 5.04. The Bertz CT molecular complexity index is 655. The van der Waals surface area contributed by atoms with Gasteiger partial charge < -0.3 is 10.1 Å². The second kappa shape index (κ2) is 5.49. The van der Waals surface area contributed by atoms with E-state index in [2.05, 4.69) is 5.32 Å². The molecule has 0 bridgehead atoms. The summed E-state index contributed by atoms with van der Waals surface area (Å²) in [6.07, 6.45) is 5.80. The van der Waals surface area contributed by atoms with Crippen molar-refractivity contribution in [1.29, 1.82) is 0 Å². The minimum atomic E-state index is 0.685. The van der Waals surface area contributed by atoms with Crippen LogP contribution in [0.25, 0.3) is 10.9 Å². The monoisotopic (exact) mass is 290 g/mol. The molecule has 3 rings (SSSR count). The van der Waals surface area contributed by atoms with Gasteiger partial charge in [0.25, 0.3) is 0 Å². The first kappa shape index (κ1) is 13.5. The van der Waals surface area contributed by atoms with Crippen LogP contribution in [0.3, 0.4) is 0 Å². The van der Waals surface area contributed by atoms with Crippen LogP contribution in [0, 0.1) is 0 Å². The molecule has 2 aromatic rings. The van der Waals surface area contributed by atoms with Crippen LogP contribution in [0.1, 0.15) is 30.5 Å². The molecule has 106 valence electrons. The summed E-state index contributed by atoms with van der Waals surface area (Å²) < 4.78 is 5.51. The van der Waals surface area contributed by atoms with Gasteiger partial charge >= 0.3 is 0 Å². The molecule has 0 fully saturated rings. The molecule has 1 aromatic carbocycles. The maximum atomic E-state index is 6.35. The van der Waals surface area contributed by atoms with E-state index in [1.165, 1.54) is 30.5 Å². The lowest BCUT2D eigenvalue weighted by Gasteiger charge is -2.17. The fraction of sp³-hybridized carbons (Fsp3) is 0.438. The maximum absolute atomic E-state index is 6.35. The second-order valence-corrected chi connectivity index (χ2v) is 5.60. The van der Waals surface area contributed by atoms with Crippen molar-refractivity contribution >= 4 is 28.2 Å². The highest BCUT2D eigenvalue weighted by atomic mass is 35.5. The average molecular weight is 291 g/mol. The first-order valence-corrected chi connectivity index (χ1v) is 7.49. The second-order valence-electron chi connectivity index (χ2n) is 5.20. The van der Waals surface area contributed by atoms with Crippen molar-refractivity contribution in [2.24, 2.45) is 0 Å². The van der Waals surface area contributed by atoms with E-state index in [1.54, 1.807) is 7.11 Å². The Hall–Kier alpha value is -1.48. The lowest BCUT2D eigenvalue weighted by Crippen LogP contribution is -2.04. The summed E-state index contributed by atoms with van der Waals surface area (Å²) in [6.45, 7) is 0. The van der Waals surface area contributed by atoms with Crippen LogP contribution in [0.5, 0.6) is 5.75 Å². The number of pyridine rings is 1. The number of benzene rings is 1. The normalized spacial score (nSPS) is 14.8. The third-order valence-corrected chi connectivity index (χ3v) is 4.35. The number of aromatic nitrogens is 1. The quantitative estimate of drug-likeness (QED) is 0.842. The maximum Gasteiger partial charge on any atom is 0.130 e. The number of fused-ring (bicyclic) bond motifs is 2. The van der Waals surface area contributed by atoms with Crippen LogP contribution in [-0.2, 0) is 12.8 Å². The summed E-state index contributed by atoms with van der Waals surface area (Å²) in [5.74, 6) is 0.827. The third-order valence-electron chi connectivity index (χ3n) is 4.05. The molecule has 1 aromatic heterocycles. The minimum Gasteiger partial charge on any atom is -0.496 e. The molecule has 3 nitrogen and oxygen atoms in total. The fourth-order valence-electron chi connectivity index (χ4n) is 3.09. The number of nitrogens with one attached hydrogen (secondary N) is 1. The predicted octanol–water partition coefficient (Wildman–Crippen LogP) is 4.21. The smallest absolute Gasteiger partial charge is 0.130 e. The molecule has 1 heterocycles. The zero-order valence-corrected chi connectivity index (χ0v) is 12.7. The number of aryl methyl sites for hydroxylation is 1. The van der Waals surface area contributed by atoms with E-state index in [-0.39, 0.29) is 0 Å². The van der Waals surface area contributed by atoms with Crippen LogP contribution in [0.4, 0.5) is 5.69 Å². The van der Waals surface area contributed by atoms with E-state index in [4.69, 9.17) is 21.3 Å². The molecule has 0 saturated carbocycles.